The Bertz CT molecular complexity index is 631. The Kier molecular flexibility index (Phi) is 7.31. The van der Waals surface area contributed by atoms with Crippen LogP contribution >= 0.6 is 12.4 Å². The fourth-order valence-corrected chi connectivity index (χ4v) is 3.24. The van der Waals surface area contributed by atoms with Gasteiger partial charge in [-0.2, -0.15) is 0 Å². The van der Waals surface area contributed by atoms with E-state index in [2.05, 4.69) is 15.4 Å². The van der Waals surface area contributed by atoms with Crippen LogP contribution in [0.2, 0.25) is 0 Å². The van der Waals surface area contributed by atoms with Gasteiger partial charge in [-0.05, 0) is 37.9 Å². The highest BCUT2D eigenvalue weighted by molar-refractivity contribution is 7.92. The molecule has 1 saturated heterocycles. The van der Waals surface area contributed by atoms with Crippen LogP contribution in [0, 0.1) is 5.92 Å². The van der Waals surface area contributed by atoms with Crippen LogP contribution < -0.4 is 15.4 Å². The van der Waals surface area contributed by atoms with E-state index in [0.29, 0.717) is 12.2 Å². The molecule has 1 aliphatic rings. The fraction of sp³-hybridized carbons (Fsp3) is 0.533. The molecule has 1 fully saturated rings. The molecular formula is C15H24ClN3O3S. The molecule has 8 heteroatoms. The van der Waals surface area contributed by atoms with Crippen molar-refractivity contribution in [2.75, 3.05) is 24.1 Å². The molecule has 6 nitrogen and oxygen atoms in total. The van der Waals surface area contributed by atoms with Crippen molar-refractivity contribution < 1.29 is 13.2 Å². The average Bonchev–Trinajstić information content (AvgIpc) is 2.47. The minimum atomic E-state index is -3.35. The summed E-state index contributed by atoms with van der Waals surface area (Å²) in [4.78, 5) is 12.3. The Balaban J connectivity index is 0.00000264. The van der Waals surface area contributed by atoms with E-state index in [1.807, 2.05) is 19.1 Å². The maximum Gasteiger partial charge on any atom is 0.229 e. The van der Waals surface area contributed by atoms with Gasteiger partial charge >= 0.3 is 0 Å². The number of rotatable bonds is 5. The summed E-state index contributed by atoms with van der Waals surface area (Å²) >= 11 is 0. The number of nitrogens with one attached hydrogen (secondary N) is 3. The number of piperidine rings is 1. The molecule has 1 aromatic rings. The van der Waals surface area contributed by atoms with Crippen molar-refractivity contribution >= 4 is 34.0 Å². The van der Waals surface area contributed by atoms with Crippen molar-refractivity contribution in [2.45, 2.75) is 25.8 Å². The Labute approximate surface area is 143 Å². The molecule has 1 amide bonds. The molecule has 130 valence electrons. The van der Waals surface area contributed by atoms with Gasteiger partial charge in [0.1, 0.15) is 0 Å². The van der Waals surface area contributed by atoms with Crippen LogP contribution in [0.15, 0.2) is 24.3 Å². The van der Waals surface area contributed by atoms with Crippen LogP contribution in [0.25, 0.3) is 0 Å². The first-order valence-electron chi connectivity index (χ1n) is 7.44. The van der Waals surface area contributed by atoms with E-state index >= 15 is 0 Å². The Morgan fingerprint density at radius 1 is 1.35 bits per heavy atom. The normalized spacial score (nSPS) is 19.3. The number of hydrogen-bond acceptors (Lipinski definition) is 4. The van der Waals surface area contributed by atoms with Crippen LogP contribution in [-0.4, -0.2) is 33.7 Å². The van der Waals surface area contributed by atoms with Gasteiger partial charge in [0.25, 0.3) is 0 Å². The largest absolute Gasteiger partial charge is 0.349 e. The number of hydrogen-bond donors (Lipinski definition) is 3. The van der Waals surface area contributed by atoms with Gasteiger partial charge in [0, 0.05) is 6.54 Å². The van der Waals surface area contributed by atoms with Gasteiger partial charge in [0.05, 0.1) is 23.9 Å². The maximum atomic E-state index is 12.3. The Hall–Kier alpha value is -1.31. The molecule has 0 saturated carbocycles. The summed E-state index contributed by atoms with van der Waals surface area (Å²) in [5, 5.41) is 6.20. The molecule has 1 aliphatic heterocycles. The van der Waals surface area contributed by atoms with Gasteiger partial charge in [-0.1, -0.05) is 18.2 Å². The molecule has 3 N–H and O–H groups in total. The zero-order valence-corrected chi connectivity index (χ0v) is 15.0. The van der Waals surface area contributed by atoms with Crippen molar-refractivity contribution in [1.82, 2.24) is 10.6 Å². The third-order valence-corrected chi connectivity index (χ3v) is 4.34. The standard InChI is InChI=1S/C15H23N3O3S.ClH/c1-11(17-15(19)12-6-5-9-16-10-12)13-7-3-4-8-14(13)18-22(2,20)21;/h3-4,7-8,11-12,16,18H,5-6,9-10H2,1-2H3,(H,17,19);1H. The van der Waals surface area contributed by atoms with Gasteiger partial charge in [-0.25, -0.2) is 8.42 Å². The van der Waals surface area contributed by atoms with Crippen LogP contribution in [0.1, 0.15) is 31.4 Å². The highest BCUT2D eigenvalue weighted by atomic mass is 35.5. The van der Waals surface area contributed by atoms with Crippen molar-refractivity contribution in [1.29, 1.82) is 0 Å². The third-order valence-electron chi connectivity index (χ3n) is 3.75. The number of amides is 1. The minimum Gasteiger partial charge on any atom is -0.349 e. The van der Waals surface area contributed by atoms with Gasteiger partial charge < -0.3 is 10.6 Å². The summed E-state index contributed by atoms with van der Waals surface area (Å²) in [6, 6.07) is 6.84. The molecule has 2 atom stereocenters. The van der Waals surface area contributed by atoms with E-state index in [1.54, 1.807) is 12.1 Å². The summed E-state index contributed by atoms with van der Waals surface area (Å²) in [6.07, 6.45) is 2.99. The predicted molar refractivity (Wildman–Crippen MR) is 94.3 cm³/mol. The van der Waals surface area contributed by atoms with Crippen molar-refractivity contribution in [3.05, 3.63) is 29.8 Å². The van der Waals surface area contributed by atoms with Crippen molar-refractivity contribution in [3.8, 4) is 0 Å². The summed E-state index contributed by atoms with van der Waals surface area (Å²) in [7, 11) is -3.35. The van der Waals surface area contributed by atoms with Crippen LogP contribution in [-0.2, 0) is 14.8 Å². The predicted octanol–water partition coefficient (Wildman–Crippen LogP) is 1.66. The van der Waals surface area contributed by atoms with Crippen LogP contribution in [0.5, 0.6) is 0 Å². The lowest BCUT2D eigenvalue weighted by Gasteiger charge is -2.25. The second-order valence-corrected chi connectivity index (χ2v) is 7.48. The van der Waals surface area contributed by atoms with Gasteiger partial charge in [0.2, 0.25) is 15.9 Å². The molecule has 0 radical (unpaired) electrons. The number of carbonyl (C=O) groups excluding carboxylic acids is 1. The molecule has 0 bridgehead atoms. The first-order valence-corrected chi connectivity index (χ1v) is 9.34. The average molecular weight is 362 g/mol. The molecular weight excluding hydrogens is 338 g/mol. The van der Waals surface area contributed by atoms with E-state index in [0.717, 1.165) is 31.2 Å². The lowest BCUT2D eigenvalue weighted by Crippen LogP contribution is -2.41. The zero-order chi connectivity index (χ0) is 16.2. The highest BCUT2D eigenvalue weighted by Gasteiger charge is 2.23. The molecule has 0 spiro atoms. The molecule has 1 aromatic carbocycles. The zero-order valence-electron chi connectivity index (χ0n) is 13.3. The van der Waals surface area contributed by atoms with Gasteiger partial charge in [0.15, 0.2) is 0 Å². The number of halogens is 1. The highest BCUT2D eigenvalue weighted by Crippen LogP contribution is 2.24. The van der Waals surface area contributed by atoms with Gasteiger partial charge in [-0.15, -0.1) is 12.4 Å². The lowest BCUT2D eigenvalue weighted by atomic mass is 9.97. The number of carbonyl (C=O) groups is 1. The van der Waals surface area contributed by atoms with Gasteiger partial charge in [-0.3, -0.25) is 9.52 Å². The fourth-order valence-electron chi connectivity index (χ4n) is 2.65. The van der Waals surface area contributed by atoms with Crippen LogP contribution in [0.3, 0.4) is 0 Å². The summed E-state index contributed by atoms with van der Waals surface area (Å²) in [5.41, 5.74) is 1.25. The number of anilines is 1. The number of para-hydroxylation sites is 1. The SMILES string of the molecule is CC(NC(=O)C1CCCNC1)c1ccccc1NS(C)(=O)=O.Cl. The lowest BCUT2D eigenvalue weighted by molar-refractivity contribution is -0.126. The van der Waals surface area contributed by atoms with Crippen molar-refractivity contribution in [3.63, 3.8) is 0 Å². The molecule has 2 unspecified atom stereocenters. The summed E-state index contributed by atoms with van der Waals surface area (Å²) < 4.78 is 25.4. The Morgan fingerprint density at radius 2 is 2.04 bits per heavy atom. The maximum absolute atomic E-state index is 12.3. The molecule has 0 aliphatic carbocycles. The first kappa shape index (κ1) is 19.7. The van der Waals surface area contributed by atoms with E-state index in [-0.39, 0.29) is 30.3 Å². The molecule has 0 aromatic heterocycles. The second kappa shape index (κ2) is 8.52. The smallest absolute Gasteiger partial charge is 0.229 e. The first-order chi connectivity index (χ1) is 10.4. The quantitative estimate of drug-likeness (QED) is 0.744. The van der Waals surface area contributed by atoms with E-state index in [4.69, 9.17) is 0 Å². The minimum absolute atomic E-state index is 0. The number of benzene rings is 1. The number of sulfonamides is 1. The summed E-state index contributed by atoms with van der Waals surface area (Å²) in [6.45, 7) is 3.51. The van der Waals surface area contributed by atoms with Crippen LogP contribution in [0.4, 0.5) is 5.69 Å². The summed E-state index contributed by atoms with van der Waals surface area (Å²) in [5.74, 6) is -0.0138. The van der Waals surface area contributed by atoms with E-state index in [9.17, 15) is 13.2 Å². The Morgan fingerprint density at radius 3 is 2.65 bits per heavy atom. The molecule has 23 heavy (non-hydrogen) atoms. The van der Waals surface area contributed by atoms with Crippen molar-refractivity contribution in [2.24, 2.45) is 5.92 Å². The monoisotopic (exact) mass is 361 g/mol. The van der Waals surface area contributed by atoms with E-state index in [1.165, 1.54) is 0 Å². The molecule has 1 heterocycles. The van der Waals surface area contributed by atoms with E-state index < -0.39 is 10.0 Å². The third kappa shape index (κ3) is 6.01. The topological polar surface area (TPSA) is 87.3 Å². The molecule has 2 rings (SSSR count). The second-order valence-electron chi connectivity index (χ2n) is 5.74.